The van der Waals surface area contributed by atoms with Crippen LogP contribution < -0.4 is 14.8 Å². The number of hydrogen-bond acceptors (Lipinski definition) is 8. The molecule has 9 nitrogen and oxygen atoms in total. The van der Waals surface area contributed by atoms with E-state index in [0.29, 0.717) is 44.1 Å². The molecule has 228 valence electrons. The van der Waals surface area contributed by atoms with Crippen molar-refractivity contribution in [3.8, 4) is 11.5 Å². The Bertz CT molecular complexity index is 1050. The first-order chi connectivity index (χ1) is 19.5. The number of benzene rings is 1. The fraction of sp³-hybridized carbons (Fsp3) is 0.594. The number of nitrogens with one attached hydrogen (secondary N) is 1. The Morgan fingerprint density at radius 2 is 1.73 bits per heavy atom. The first-order valence-corrected chi connectivity index (χ1v) is 14.7. The van der Waals surface area contributed by atoms with Crippen molar-refractivity contribution in [1.29, 1.82) is 0 Å². The number of carbonyl (C=O) groups is 3. The molecule has 41 heavy (non-hydrogen) atoms. The van der Waals surface area contributed by atoms with E-state index in [4.69, 9.17) is 9.47 Å². The molecule has 6 atom stereocenters. The minimum Gasteiger partial charge on any atom is -0.423 e. The maximum Gasteiger partial charge on any atom is 0.308 e. The van der Waals surface area contributed by atoms with E-state index in [2.05, 4.69) is 12.2 Å². The zero-order valence-corrected chi connectivity index (χ0v) is 24.8. The summed E-state index contributed by atoms with van der Waals surface area (Å²) in [6.07, 6.45) is 12.3. The third kappa shape index (κ3) is 12.2. The van der Waals surface area contributed by atoms with E-state index in [1.807, 2.05) is 25.2 Å². The van der Waals surface area contributed by atoms with Gasteiger partial charge in [-0.25, -0.2) is 0 Å². The van der Waals surface area contributed by atoms with Gasteiger partial charge < -0.3 is 30.1 Å². The summed E-state index contributed by atoms with van der Waals surface area (Å²) in [5, 5.41) is 34.0. The molecule has 0 spiro atoms. The standard InChI is InChI=1S/C32H47NO8/c1-5-6-9-12-25(36)16-17-27-26(28(37)20-29(27)38)13-10-7-8-11-14-32(39)33-21(2)24-15-18-30(40-22(3)34)31(19-24)41-23(4)35/h7,10,15-19,21,25-29,36-38H,5-6,8-9,11-14,20H2,1-4H3,(H,33,39)/b10-7-,17-16+/t21?,25?,26-,27-,28+,29-/m1/s1. The van der Waals surface area contributed by atoms with Gasteiger partial charge in [0, 0.05) is 32.6 Å². The lowest BCUT2D eigenvalue weighted by Gasteiger charge is -2.19. The van der Waals surface area contributed by atoms with Gasteiger partial charge in [-0.05, 0) is 56.2 Å². The molecule has 4 N–H and O–H groups in total. The number of carbonyl (C=O) groups excluding carboxylic acids is 3. The molecule has 1 aromatic rings. The number of amides is 1. The smallest absolute Gasteiger partial charge is 0.308 e. The van der Waals surface area contributed by atoms with E-state index in [1.165, 1.54) is 19.9 Å². The molecule has 1 saturated carbocycles. The van der Waals surface area contributed by atoms with Crippen LogP contribution in [0.2, 0.25) is 0 Å². The SMILES string of the molecule is CCCCCC(O)/C=C/[C@@H]1[C@@H](C/C=C\CCCC(=O)NC(C)c2ccc(OC(C)=O)c(OC(C)=O)c2)[C@@H](O)C[C@H]1O. The molecule has 0 aliphatic heterocycles. The molecule has 0 radical (unpaired) electrons. The Labute approximate surface area is 243 Å². The molecule has 1 fully saturated rings. The molecular weight excluding hydrogens is 526 g/mol. The minimum absolute atomic E-state index is 0.109. The van der Waals surface area contributed by atoms with Gasteiger partial charge >= 0.3 is 11.9 Å². The van der Waals surface area contributed by atoms with Crippen molar-refractivity contribution in [3.05, 3.63) is 48.1 Å². The molecule has 1 amide bonds. The highest BCUT2D eigenvalue weighted by molar-refractivity contribution is 5.76. The molecule has 0 heterocycles. The van der Waals surface area contributed by atoms with Crippen molar-refractivity contribution in [1.82, 2.24) is 5.32 Å². The van der Waals surface area contributed by atoms with Gasteiger partial charge in [-0.15, -0.1) is 0 Å². The van der Waals surface area contributed by atoms with E-state index in [0.717, 1.165) is 19.3 Å². The third-order valence-corrected chi connectivity index (χ3v) is 7.28. The molecular formula is C32H47NO8. The van der Waals surface area contributed by atoms with Crippen LogP contribution in [0.15, 0.2) is 42.5 Å². The number of hydrogen-bond donors (Lipinski definition) is 4. The maximum atomic E-state index is 12.5. The van der Waals surface area contributed by atoms with Gasteiger partial charge in [0.2, 0.25) is 5.91 Å². The maximum absolute atomic E-state index is 12.5. The number of aliphatic hydroxyl groups excluding tert-OH is 3. The number of allylic oxidation sites excluding steroid dienone is 2. The van der Waals surface area contributed by atoms with Gasteiger partial charge in [0.25, 0.3) is 0 Å². The molecule has 1 aromatic carbocycles. The Balaban J connectivity index is 1.80. The molecule has 1 aliphatic rings. The summed E-state index contributed by atoms with van der Waals surface area (Å²) in [7, 11) is 0. The molecule has 2 unspecified atom stereocenters. The monoisotopic (exact) mass is 573 g/mol. The second-order valence-corrected chi connectivity index (χ2v) is 10.8. The first kappa shape index (κ1) is 34.2. The lowest BCUT2D eigenvalue weighted by atomic mass is 9.89. The minimum atomic E-state index is -0.629. The molecule has 9 heteroatoms. The van der Waals surface area contributed by atoms with E-state index in [1.54, 1.807) is 18.2 Å². The van der Waals surface area contributed by atoms with Crippen molar-refractivity contribution < 1.29 is 39.2 Å². The lowest BCUT2D eigenvalue weighted by molar-refractivity contribution is -0.134. The predicted octanol–water partition coefficient (Wildman–Crippen LogP) is 4.69. The van der Waals surface area contributed by atoms with Gasteiger partial charge in [0.1, 0.15) is 0 Å². The Morgan fingerprint density at radius 1 is 1.02 bits per heavy atom. The third-order valence-electron chi connectivity index (χ3n) is 7.28. The summed E-state index contributed by atoms with van der Waals surface area (Å²) < 4.78 is 10.2. The van der Waals surface area contributed by atoms with Crippen molar-refractivity contribution in [2.75, 3.05) is 0 Å². The van der Waals surface area contributed by atoms with Crippen LogP contribution in [0.4, 0.5) is 0 Å². The van der Waals surface area contributed by atoms with Crippen molar-refractivity contribution in [3.63, 3.8) is 0 Å². The predicted molar refractivity (Wildman–Crippen MR) is 156 cm³/mol. The molecule has 0 saturated heterocycles. The largest absolute Gasteiger partial charge is 0.423 e. The highest BCUT2D eigenvalue weighted by atomic mass is 16.6. The fourth-order valence-electron chi connectivity index (χ4n) is 5.08. The van der Waals surface area contributed by atoms with Crippen LogP contribution in [0, 0.1) is 11.8 Å². The molecule has 1 aliphatic carbocycles. The summed E-state index contributed by atoms with van der Waals surface area (Å²) in [4.78, 5) is 35.3. The summed E-state index contributed by atoms with van der Waals surface area (Å²) >= 11 is 0. The lowest BCUT2D eigenvalue weighted by Crippen LogP contribution is -2.26. The number of aliphatic hydroxyl groups is 3. The van der Waals surface area contributed by atoms with Gasteiger partial charge in [-0.1, -0.05) is 56.6 Å². The van der Waals surface area contributed by atoms with E-state index >= 15 is 0 Å². The quantitative estimate of drug-likeness (QED) is 0.0966. The summed E-state index contributed by atoms with van der Waals surface area (Å²) in [5.74, 6) is -1.30. The second kappa shape index (κ2) is 17.7. The van der Waals surface area contributed by atoms with Crippen molar-refractivity contribution in [2.45, 2.75) is 110 Å². The van der Waals surface area contributed by atoms with Crippen LogP contribution in [-0.4, -0.2) is 51.5 Å². The Kier molecular flexibility index (Phi) is 14.8. The molecule has 0 bridgehead atoms. The number of esters is 2. The van der Waals surface area contributed by atoms with E-state index in [-0.39, 0.29) is 35.3 Å². The zero-order valence-electron chi connectivity index (χ0n) is 24.8. The first-order valence-electron chi connectivity index (χ1n) is 14.7. The highest BCUT2D eigenvalue weighted by Gasteiger charge is 2.39. The summed E-state index contributed by atoms with van der Waals surface area (Å²) in [6, 6.07) is 4.43. The van der Waals surface area contributed by atoms with Crippen molar-refractivity contribution >= 4 is 17.8 Å². The van der Waals surface area contributed by atoms with Gasteiger partial charge in [0.05, 0.1) is 24.4 Å². The van der Waals surface area contributed by atoms with Crippen LogP contribution in [0.3, 0.4) is 0 Å². The van der Waals surface area contributed by atoms with E-state index < -0.39 is 30.3 Å². The van der Waals surface area contributed by atoms with Gasteiger partial charge in [-0.2, -0.15) is 0 Å². The fourth-order valence-corrected chi connectivity index (χ4v) is 5.08. The number of rotatable bonds is 16. The average molecular weight is 574 g/mol. The summed E-state index contributed by atoms with van der Waals surface area (Å²) in [6.45, 7) is 6.43. The van der Waals surface area contributed by atoms with Crippen LogP contribution >= 0.6 is 0 Å². The van der Waals surface area contributed by atoms with Gasteiger partial charge in [-0.3, -0.25) is 14.4 Å². The van der Waals surface area contributed by atoms with Crippen LogP contribution in [-0.2, 0) is 14.4 Å². The number of unbranched alkanes of at least 4 members (excludes halogenated alkanes) is 3. The van der Waals surface area contributed by atoms with Crippen LogP contribution in [0.1, 0.15) is 97.1 Å². The Morgan fingerprint density at radius 3 is 2.41 bits per heavy atom. The van der Waals surface area contributed by atoms with E-state index in [9.17, 15) is 29.7 Å². The molecule has 2 rings (SSSR count). The van der Waals surface area contributed by atoms with Gasteiger partial charge in [0.15, 0.2) is 11.5 Å². The average Bonchev–Trinajstić information content (AvgIpc) is 3.16. The second-order valence-electron chi connectivity index (χ2n) is 10.8. The molecule has 0 aromatic heterocycles. The number of ether oxygens (including phenoxy) is 2. The van der Waals surface area contributed by atoms with Crippen LogP contribution in [0.5, 0.6) is 11.5 Å². The van der Waals surface area contributed by atoms with Crippen LogP contribution in [0.25, 0.3) is 0 Å². The topological polar surface area (TPSA) is 142 Å². The Hall–Kier alpha value is -3.01. The summed E-state index contributed by atoms with van der Waals surface area (Å²) in [5.41, 5.74) is 0.694. The normalized spacial score (nSPS) is 22.1. The zero-order chi connectivity index (χ0) is 30.4. The highest BCUT2D eigenvalue weighted by Crippen LogP contribution is 2.36. The van der Waals surface area contributed by atoms with Crippen molar-refractivity contribution in [2.24, 2.45) is 11.8 Å².